The van der Waals surface area contributed by atoms with Crippen molar-refractivity contribution in [1.29, 1.82) is 0 Å². The fourth-order valence-electron chi connectivity index (χ4n) is 1.33. The number of nitrogens with zero attached hydrogens (tertiary/aromatic N) is 1. The Morgan fingerprint density at radius 2 is 2.12 bits per heavy atom. The number of carboxylic acids is 1. The van der Waals surface area contributed by atoms with Crippen molar-refractivity contribution in [3.05, 3.63) is 29.6 Å². The molecule has 2 atom stereocenters. The van der Waals surface area contributed by atoms with E-state index in [4.69, 9.17) is 10.2 Å². The molecule has 1 heterocycles. The van der Waals surface area contributed by atoms with E-state index in [1.165, 1.54) is 18.3 Å². The first-order valence-electron chi connectivity index (χ1n) is 4.73. The van der Waals surface area contributed by atoms with Gasteiger partial charge in [-0.05, 0) is 12.5 Å². The van der Waals surface area contributed by atoms with Crippen molar-refractivity contribution >= 4 is 5.97 Å². The van der Waals surface area contributed by atoms with E-state index in [-0.39, 0.29) is 24.3 Å². The van der Waals surface area contributed by atoms with Gasteiger partial charge in [0, 0.05) is 18.4 Å². The molecular weight excluding hydrogens is 214 g/mol. The van der Waals surface area contributed by atoms with Crippen molar-refractivity contribution in [2.24, 2.45) is 0 Å². The Morgan fingerprint density at radius 1 is 1.44 bits per heavy atom. The van der Waals surface area contributed by atoms with Crippen LogP contribution in [0.5, 0.6) is 0 Å². The average molecular weight is 227 g/mol. The van der Waals surface area contributed by atoms with Crippen LogP contribution in [0.2, 0.25) is 0 Å². The molecule has 88 valence electrons. The first-order chi connectivity index (χ1) is 7.57. The third-order valence-corrected chi connectivity index (χ3v) is 2.15. The Hall–Kier alpha value is -1.50. The van der Waals surface area contributed by atoms with Gasteiger partial charge in [0.25, 0.3) is 0 Å². The number of aliphatic hydroxyl groups is 3. The summed E-state index contributed by atoms with van der Waals surface area (Å²) < 4.78 is 0. The molecular formula is C10H13NO5. The van der Waals surface area contributed by atoms with Gasteiger partial charge in [-0.1, -0.05) is 6.07 Å². The number of carbonyl (C=O) groups is 1. The minimum absolute atomic E-state index is 0.0326. The van der Waals surface area contributed by atoms with E-state index in [1.54, 1.807) is 0 Å². The minimum atomic E-state index is -1.37. The Balaban J connectivity index is 2.98. The van der Waals surface area contributed by atoms with Gasteiger partial charge in [-0.2, -0.15) is 0 Å². The summed E-state index contributed by atoms with van der Waals surface area (Å²) in [5, 5.41) is 36.6. The molecule has 16 heavy (non-hydrogen) atoms. The number of aromatic carboxylic acids is 1. The summed E-state index contributed by atoms with van der Waals surface area (Å²) in [4.78, 5) is 14.4. The van der Waals surface area contributed by atoms with Gasteiger partial charge in [-0.15, -0.1) is 0 Å². The van der Waals surface area contributed by atoms with Crippen LogP contribution in [0.15, 0.2) is 18.3 Å². The van der Waals surface area contributed by atoms with E-state index in [0.717, 1.165) is 0 Å². The topological polar surface area (TPSA) is 111 Å². The standard InChI is InChI=1S/C10H13NO5/c12-5-3-7(13)9(14)6-2-1-4-11-8(6)10(15)16/h1-2,4,7,9,12-14H,3,5H2,(H,15,16). The van der Waals surface area contributed by atoms with Gasteiger partial charge in [0.15, 0.2) is 5.69 Å². The second kappa shape index (κ2) is 5.55. The normalized spacial score (nSPS) is 14.4. The Morgan fingerprint density at radius 3 is 2.69 bits per heavy atom. The molecule has 0 radical (unpaired) electrons. The van der Waals surface area contributed by atoms with Crippen molar-refractivity contribution in [2.75, 3.05) is 6.61 Å². The number of pyridine rings is 1. The fourth-order valence-corrected chi connectivity index (χ4v) is 1.33. The molecule has 0 aliphatic heterocycles. The lowest BCUT2D eigenvalue weighted by molar-refractivity contribution is 0.00326. The molecule has 0 aromatic carbocycles. The molecule has 0 amide bonds. The highest BCUT2D eigenvalue weighted by Gasteiger charge is 2.23. The third kappa shape index (κ3) is 2.75. The maximum atomic E-state index is 10.8. The van der Waals surface area contributed by atoms with Crippen molar-refractivity contribution in [1.82, 2.24) is 4.98 Å². The summed E-state index contributed by atoms with van der Waals surface area (Å²) in [6, 6.07) is 2.85. The van der Waals surface area contributed by atoms with Gasteiger partial charge in [-0.3, -0.25) is 0 Å². The summed E-state index contributed by atoms with van der Waals surface area (Å²) in [7, 11) is 0. The van der Waals surface area contributed by atoms with Gasteiger partial charge in [0.05, 0.1) is 6.10 Å². The number of aliphatic hydroxyl groups excluding tert-OH is 3. The molecule has 6 nitrogen and oxygen atoms in total. The summed E-state index contributed by atoms with van der Waals surface area (Å²) in [6.07, 6.45) is -1.33. The highest BCUT2D eigenvalue weighted by atomic mass is 16.4. The van der Waals surface area contributed by atoms with Crippen molar-refractivity contribution in [3.8, 4) is 0 Å². The first kappa shape index (κ1) is 12.6. The predicted octanol–water partition coefficient (Wildman–Crippen LogP) is -0.444. The fraction of sp³-hybridized carbons (Fsp3) is 0.400. The Kier molecular flexibility index (Phi) is 4.36. The van der Waals surface area contributed by atoms with Crippen LogP contribution in [0.4, 0.5) is 0 Å². The van der Waals surface area contributed by atoms with Gasteiger partial charge in [0.2, 0.25) is 0 Å². The molecule has 0 saturated heterocycles. The Bertz CT molecular complexity index is 368. The smallest absolute Gasteiger partial charge is 0.354 e. The molecule has 0 fully saturated rings. The lowest BCUT2D eigenvalue weighted by atomic mass is 10.0. The molecule has 0 saturated carbocycles. The third-order valence-electron chi connectivity index (χ3n) is 2.15. The zero-order valence-electron chi connectivity index (χ0n) is 8.45. The number of aromatic nitrogens is 1. The lowest BCUT2D eigenvalue weighted by Gasteiger charge is -2.18. The SMILES string of the molecule is O=C(O)c1ncccc1C(O)C(O)CCO. The zero-order chi connectivity index (χ0) is 12.1. The predicted molar refractivity (Wildman–Crippen MR) is 53.9 cm³/mol. The van der Waals surface area contributed by atoms with Gasteiger partial charge in [0.1, 0.15) is 6.10 Å². The number of carboxylic acid groups (broad SMARTS) is 1. The van der Waals surface area contributed by atoms with Crippen LogP contribution in [-0.4, -0.2) is 44.1 Å². The Labute approximate surface area is 91.8 Å². The molecule has 0 aliphatic rings. The quantitative estimate of drug-likeness (QED) is 0.542. The zero-order valence-corrected chi connectivity index (χ0v) is 8.45. The molecule has 1 aromatic rings. The highest BCUT2D eigenvalue weighted by Crippen LogP contribution is 2.21. The molecule has 2 unspecified atom stereocenters. The second-order valence-corrected chi connectivity index (χ2v) is 3.27. The molecule has 1 aromatic heterocycles. The van der Waals surface area contributed by atoms with Crippen molar-refractivity contribution < 1.29 is 25.2 Å². The largest absolute Gasteiger partial charge is 0.477 e. The molecule has 0 spiro atoms. The first-order valence-corrected chi connectivity index (χ1v) is 4.73. The van der Waals surface area contributed by atoms with Crippen LogP contribution in [0, 0.1) is 0 Å². The van der Waals surface area contributed by atoms with E-state index in [0.29, 0.717) is 0 Å². The molecule has 1 rings (SSSR count). The highest BCUT2D eigenvalue weighted by molar-refractivity contribution is 5.87. The van der Waals surface area contributed by atoms with Crippen molar-refractivity contribution in [2.45, 2.75) is 18.6 Å². The van der Waals surface area contributed by atoms with E-state index in [9.17, 15) is 15.0 Å². The van der Waals surface area contributed by atoms with Gasteiger partial charge >= 0.3 is 5.97 Å². The summed E-state index contributed by atoms with van der Waals surface area (Å²) in [5.41, 5.74) is -0.261. The average Bonchev–Trinajstić information content (AvgIpc) is 2.28. The molecule has 4 N–H and O–H groups in total. The molecule has 6 heteroatoms. The maximum Gasteiger partial charge on any atom is 0.354 e. The van der Waals surface area contributed by atoms with Crippen LogP contribution in [-0.2, 0) is 0 Å². The number of hydrogen-bond donors (Lipinski definition) is 4. The van der Waals surface area contributed by atoms with E-state index in [2.05, 4.69) is 4.98 Å². The number of hydrogen-bond acceptors (Lipinski definition) is 5. The summed E-state index contributed by atoms with van der Waals surface area (Å²) >= 11 is 0. The summed E-state index contributed by atoms with van der Waals surface area (Å²) in [5.74, 6) is -1.27. The van der Waals surface area contributed by atoms with Crippen LogP contribution >= 0.6 is 0 Å². The van der Waals surface area contributed by atoms with Gasteiger partial charge < -0.3 is 20.4 Å². The summed E-state index contributed by atoms with van der Waals surface area (Å²) in [6.45, 7) is -0.291. The van der Waals surface area contributed by atoms with E-state index in [1.807, 2.05) is 0 Å². The van der Waals surface area contributed by atoms with Crippen LogP contribution in [0.1, 0.15) is 28.6 Å². The minimum Gasteiger partial charge on any atom is -0.477 e. The van der Waals surface area contributed by atoms with Crippen LogP contribution in [0.25, 0.3) is 0 Å². The lowest BCUT2D eigenvalue weighted by Crippen LogP contribution is -2.22. The second-order valence-electron chi connectivity index (χ2n) is 3.27. The van der Waals surface area contributed by atoms with Crippen LogP contribution < -0.4 is 0 Å². The molecule has 0 aliphatic carbocycles. The monoisotopic (exact) mass is 227 g/mol. The van der Waals surface area contributed by atoms with Crippen LogP contribution in [0.3, 0.4) is 0 Å². The maximum absolute atomic E-state index is 10.8. The van der Waals surface area contributed by atoms with Crippen molar-refractivity contribution in [3.63, 3.8) is 0 Å². The van der Waals surface area contributed by atoms with E-state index < -0.39 is 18.2 Å². The molecule has 0 bridgehead atoms. The van der Waals surface area contributed by atoms with Gasteiger partial charge in [-0.25, -0.2) is 9.78 Å². The van der Waals surface area contributed by atoms with E-state index >= 15 is 0 Å². The number of rotatable bonds is 5.